The van der Waals surface area contributed by atoms with Gasteiger partial charge in [0.25, 0.3) is 0 Å². The molecule has 1 aromatic carbocycles. The van der Waals surface area contributed by atoms with E-state index in [0.717, 1.165) is 12.3 Å². The highest BCUT2D eigenvalue weighted by Crippen LogP contribution is 2.63. The van der Waals surface area contributed by atoms with Crippen LogP contribution in [0.15, 0.2) is 24.3 Å². The van der Waals surface area contributed by atoms with Gasteiger partial charge in [-0.25, -0.2) is 0 Å². The number of rotatable bonds is 2. The number of anilines is 1. The summed E-state index contributed by atoms with van der Waals surface area (Å²) in [6.45, 7) is 0.926. The van der Waals surface area contributed by atoms with Crippen LogP contribution in [-0.4, -0.2) is 23.9 Å². The zero-order valence-electron chi connectivity index (χ0n) is 10.4. The summed E-state index contributed by atoms with van der Waals surface area (Å²) in [6, 6.07) is 8.00. The Labute approximate surface area is 107 Å². The van der Waals surface area contributed by atoms with Gasteiger partial charge in [-0.05, 0) is 31.4 Å². The van der Waals surface area contributed by atoms with E-state index in [0.29, 0.717) is 29.2 Å². The molecular weight excluding hydrogens is 226 g/mol. The Balaban J connectivity index is 1.57. The molecule has 3 aliphatic rings. The third-order valence-corrected chi connectivity index (χ3v) is 5.20. The first-order valence-corrected chi connectivity index (χ1v) is 6.97. The Morgan fingerprint density at radius 2 is 2.22 bits per heavy atom. The molecule has 1 spiro atoms. The molecule has 1 heterocycles. The molecule has 2 aliphatic carbocycles. The second-order valence-electron chi connectivity index (χ2n) is 6.00. The quantitative estimate of drug-likeness (QED) is 0.841. The van der Waals surface area contributed by atoms with Gasteiger partial charge in [0.1, 0.15) is 5.75 Å². The number of ether oxygens (including phenoxy) is 1. The third-order valence-electron chi connectivity index (χ3n) is 5.20. The maximum Gasteiger partial charge on any atom is 0.117 e. The van der Waals surface area contributed by atoms with E-state index in [2.05, 4.69) is 5.32 Å². The maximum atomic E-state index is 9.54. The Kier molecular flexibility index (Phi) is 2.16. The van der Waals surface area contributed by atoms with Gasteiger partial charge in [0.2, 0.25) is 0 Å². The molecule has 2 N–H and O–H groups in total. The van der Waals surface area contributed by atoms with Crippen LogP contribution in [0.3, 0.4) is 0 Å². The summed E-state index contributed by atoms with van der Waals surface area (Å²) in [5.74, 6) is 1.01. The van der Waals surface area contributed by atoms with E-state index < -0.39 is 0 Å². The minimum Gasteiger partial charge on any atom is -0.508 e. The summed E-state index contributed by atoms with van der Waals surface area (Å²) < 4.78 is 5.91. The number of hydrogen-bond donors (Lipinski definition) is 2. The maximum absolute atomic E-state index is 9.54. The first-order chi connectivity index (χ1) is 8.79. The fourth-order valence-corrected chi connectivity index (χ4v) is 4.23. The summed E-state index contributed by atoms with van der Waals surface area (Å²) in [5.41, 5.74) is 1.43. The van der Waals surface area contributed by atoms with Gasteiger partial charge in [0.05, 0.1) is 6.10 Å². The third kappa shape index (κ3) is 1.28. The number of nitrogens with one attached hydrogen (secondary N) is 1. The van der Waals surface area contributed by atoms with Crippen molar-refractivity contribution >= 4 is 5.69 Å². The molecule has 1 aromatic rings. The van der Waals surface area contributed by atoms with Crippen LogP contribution in [0.4, 0.5) is 5.69 Å². The van der Waals surface area contributed by atoms with Crippen molar-refractivity contribution < 1.29 is 9.84 Å². The molecule has 0 bridgehead atoms. The van der Waals surface area contributed by atoms with Gasteiger partial charge < -0.3 is 15.2 Å². The van der Waals surface area contributed by atoms with E-state index in [1.165, 1.54) is 25.7 Å². The van der Waals surface area contributed by atoms with Crippen molar-refractivity contribution in [2.45, 2.75) is 37.8 Å². The molecule has 96 valence electrons. The Morgan fingerprint density at radius 3 is 2.94 bits per heavy atom. The largest absolute Gasteiger partial charge is 0.508 e. The molecule has 1 saturated heterocycles. The second kappa shape index (κ2) is 3.64. The fraction of sp³-hybridized carbons (Fsp3) is 0.600. The zero-order valence-corrected chi connectivity index (χ0v) is 10.4. The lowest BCUT2D eigenvalue weighted by molar-refractivity contribution is -0.158. The second-order valence-corrected chi connectivity index (χ2v) is 6.00. The van der Waals surface area contributed by atoms with Gasteiger partial charge in [-0.15, -0.1) is 0 Å². The zero-order chi connectivity index (χ0) is 12.2. The molecule has 1 aliphatic heterocycles. The van der Waals surface area contributed by atoms with E-state index >= 15 is 0 Å². The van der Waals surface area contributed by atoms with Crippen LogP contribution < -0.4 is 5.32 Å². The van der Waals surface area contributed by atoms with Crippen molar-refractivity contribution in [1.82, 2.24) is 0 Å². The number of fused-ring (bicyclic) bond motifs is 2. The predicted molar refractivity (Wildman–Crippen MR) is 69.6 cm³/mol. The average molecular weight is 245 g/mol. The van der Waals surface area contributed by atoms with E-state index in [4.69, 9.17) is 4.74 Å². The summed E-state index contributed by atoms with van der Waals surface area (Å²) in [6.07, 6.45) is 5.62. The van der Waals surface area contributed by atoms with Crippen molar-refractivity contribution in [1.29, 1.82) is 0 Å². The summed E-state index contributed by atoms with van der Waals surface area (Å²) in [4.78, 5) is 0. The summed E-state index contributed by atoms with van der Waals surface area (Å²) in [7, 11) is 0. The Bertz CT molecular complexity index is 469. The van der Waals surface area contributed by atoms with Gasteiger partial charge in [-0.2, -0.15) is 0 Å². The SMILES string of the molecule is Oc1cccc(N[C@@H]2[C@H]3CCO[C@@H]3C23CCC3)c1. The number of phenolic OH excluding ortho intramolecular Hbond substituents is 1. The molecule has 2 saturated carbocycles. The monoisotopic (exact) mass is 245 g/mol. The van der Waals surface area contributed by atoms with Crippen LogP contribution in [0.25, 0.3) is 0 Å². The molecule has 18 heavy (non-hydrogen) atoms. The van der Waals surface area contributed by atoms with Gasteiger partial charge in [0, 0.05) is 35.7 Å². The van der Waals surface area contributed by atoms with Crippen LogP contribution in [0.5, 0.6) is 5.75 Å². The number of aromatic hydroxyl groups is 1. The smallest absolute Gasteiger partial charge is 0.117 e. The predicted octanol–water partition coefficient (Wildman–Crippen LogP) is 2.76. The summed E-state index contributed by atoms with van der Waals surface area (Å²) >= 11 is 0. The van der Waals surface area contributed by atoms with E-state index in [1.54, 1.807) is 6.07 Å². The van der Waals surface area contributed by atoms with E-state index in [-0.39, 0.29) is 0 Å². The van der Waals surface area contributed by atoms with Gasteiger partial charge in [-0.3, -0.25) is 0 Å². The number of benzene rings is 1. The molecule has 0 amide bonds. The molecule has 3 heteroatoms. The average Bonchev–Trinajstić information content (AvgIpc) is 2.69. The lowest BCUT2D eigenvalue weighted by atomic mass is 9.46. The lowest BCUT2D eigenvalue weighted by Crippen LogP contribution is -2.68. The van der Waals surface area contributed by atoms with Gasteiger partial charge in [0.15, 0.2) is 0 Å². The normalized spacial score (nSPS) is 35.7. The van der Waals surface area contributed by atoms with Crippen molar-refractivity contribution in [3.8, 4) is 5.75 Å². The molecule has 0 unspecified atom stereocenters. The highest BCUT2D eigenvalue weighted by molar-refractivity contribution is 5.50. The van der Waals surface area contributed by atoms with Crippen molar-refractivity contribution in [2.24, 2.45) is 11.3 Å². The van der Waals surface area contributed by atoms with Crippen LogP contribution in [0.1, 0.15) is 25.7 Å². The molecule has 0 aromatic heterocycles. The highest BCUT2D eigenvalue weighted by Gasteiger charge is 2.66. The number of phenols is 1. The minimum absolute atomic E-state index is 0.334. The standard InChI is InChI=1S/C15H19NO2/c17-11-4-1-3-10(9-11)16-13-12-5-8-18-14(12)15(13)6-2-7-15/h1,3-4,9,12-14,16-17H,2,5-8H2/t12-,13-,14+/m1/s1. The number of hydrogen-bond acceptors (Lipinski definition) is 3. The highest BCUT2D eigenvalue weighted by atomic mass is 16.5. The topological polar surface area (TPSA) is 41.5 Å². The van der Waals surface area contributed by atoms with Crippen molar-refractivity contribution in [3.63, 3.8) is 0 Å². The van der Waals surface area contributed by atoms with E-state index in [1.807, 2.05) is 18.2 Å². The van der Waals surface area contributed by atoms with Crippen molar-refractivity contribution in [2.75, 3.05) is 11.9 Å². The van der Waals surface area contributed by atoms with Crippen LogP contribution in [0.2, 0.25) is 0 Å². The van der Waals surface area contributed by atoms with Crippen LogP contribution >= 0.6 is 0 Å². The first kappa shape index (κ1) is 10.7. The fourth-order valence-electron chi connectivity index (χ4n) is 4.23. The minimum atomic E-state index is 0.334. The van der Waals surface area contributed by atoms with Gasteiger partial charge >= 0.3 is 0 Å². The lowest BCUT2D eigenvalue weighted by Gasteiger charge is -2.63. The van der Waals surface area contributed by atoms with Gasteiger partial charge in [-0.1, -0.05) is 12.5 Å². The van der Waals surface area contributed by atoms with Crippen LogP contribution in [-0.2, 0) is 4.74 Å². The molecule has 0 radical (unpaired) electrons. The Morgan fingerprint density at radius 1 is 1.33 bits per heavy atom. The summed E-state index contributed by atoms with van der Waals surface area (Å²) in [5, 5.41) is 13.2. The molecular formula is C15H19NO2. The van der Waals surface area contributed by atoms with E-state index in [9.17, 15) is 5.11 Å². The Hall–Kier alpha value is -1.22. The van der Waals surface area contributed by atoms with Crippen molar-refractivity contribution in [3.05, 3.63) is 24.3 Å². The molecule has 3 atom stereocenters. The molecule has 4 rings (SSSR count). The van der Waals surface area contributed by atoms with Crippen LogP contribution in [0, 0.1) is 11.3 Å². The molecule has 3 nitrogen and oxygen atoms in total. The first-order valence-electron chi connectivity index (χ1n) is 6.97. The molecule has 3 fully saturated rings.